The molecule has 3 aromatic heterocycles. The van der Waals surface area contributed by atoms with Gasteiger partial charge in [-0.2, -0.15) is 18.3 Å². The van der Waals surface area contributed by atoms with Crippen LogP contribution in [0.5, 0.6) is 0 Å². The second-order valence-corrected chi connectivity index (χ2v) is 8.02. The molecular formula is C22H20F3N5O. The first kappa shape index (κ1) is 19.7. The Labute approximate surface area is 176 Å². The zero-order chi connectivity index (χ0) is 21.6. The van der Waals surface area contributed by atoms with Crippen LogP contribution in [0.3, 0.4) is 0 Å². The topological polar surface area (TPSA) is 72.7 Å². The zero-order valence-corrected chi connectivity index (χ0v) is 16.6. The Kier molecular flexibility index (Phi) is 4.75. The summed E-state index contributed by atoms with van der Waals surface area (Å²) in [5.74, 6) is 0.0870. The standard InChI is InChI=1S/C22H20F3N5O/c23-22(24,25)20-6-5-15(12-27-20)21(31)28-16-2-1-9-30-19(16)11-18(29-30)14-7-8-26-17(10-14)13-3-4-13/h5-8,10-13,16H,1-4,9H2,(H,28,31)/t16-/m1/s1. The molecule has 160 valence electrons. The maximum Gasteiger partial charge on any atom is 0.433 e. The summed E-state index contributed by atoms with van der Waals surface area (Å²) in [6.07, 6.45) is 2.14. The molecule has 9 heteroatoms. The highest BCUT2D eigenvalue weighted by atomic mass is 19.4. The van der Waals surface area contributed by atoms with Crippen LogP contribution in [0.4, 0.5) is 13.2 Å². The van der Waals surface area contributed by atoms with Crippen molar-refractivity contribution in [3.05, 3.63) is 65.4 Å². The van der Waals surface area contributed by atoms with Gasteiger partial charge in [0.2, 0.25) is 0 Å². The first-order valence-electron chi connectivity index (χ1n) is 10.3. The van der Waals surface area contributed by atoms with Crippen LogP contribution in [0.1, 0.15) is 65.1 Å². The zero-order valence-electron chi connectivity index (χ0n) is 16.6. The number of aryl methyl sites for hydroxylation is 1. The molecule has 2 aliphatic rings. The van der Waals surface area contributed by atoms with Crippen molar-refractivity contribution in [2.24, 2.45) is 0 Å². The van der Waals surface area contributed by atoms with Crippen LogP contribution < -0.4 is 5.32 Å². The second-order valence-electron chi connectivity index (χ2n) is 8.02. The van der Waals surface area contributed by atoms with Gasteiger partial charge in [0.1, 0.15) is 5.69 Å². The van der Waals surface area contributed by atoms with Crippen LogP contribution in [0, 0.1) is 0 Å². The molecule has 0 saturated heterocycles. The van der Waals surface area contributed by atoms with Crippen LogP contribution in [0.2, 0.25) is 0 Å². The molecule has 4 heterocycles. The van der Waals surface area contributed by atoms with E-state index in [9.17, 15) is 18.0 Å². The highest BCUT2D eigenvalue weighted by molar-refractivity contribution is 5.94. The highest BCUT2D eigenvalue weighted by Gasteiger charge is 2.32. The van der Waals surface area contributed by atoms with Gasteiger partial charge in [-0.25, -0.2) is 0 Å². The Morgan fingerprint density at radius 2 is 1.94 bits per heavy atom. The SMILES string of the molecule is O=C(N[C@@H]1CCCn2nc(-c3ccnc(C4CC4)c3)cc21)c1ccc(C(F)(F)F)nc1. The largest absolute Gasteiger partial charge is 0.433 e. The molecule has 1 amide bonds. The Morgan fingerprint density at radius 1 is 1.10 bits per heavy atom. The number of carbonyl (C=O) groups excluding carboxylic acids is 1. The monoisotopic (exact) mass is 427 g/mol. The third-order valence-electron chi connectivity index (χ3n) is 5.72. The molecule has 0 bridgehead atoms. The van der Waals surface area contributed by atoms with Crippen molar-refractivity contribution in [1.82, 2.24) is 25.1 Å². The summed E-state index contributed by atoms with van der Waals surface area (Å²) in [5, 5.41) is 7.63. The fourth-order valence-corrected chi connectivity index (χ4v) is 3.92. The lowest BCUT2D eigenvalue weighted by Crippen LogP contribution is -2.32. The number of carbonyl (C=O) groups is 1. The lowest BCUT2D eigenvalue weighted by molar-refractivity contribution is -0.141. The van der Waals surface area contributed by atoms with E-state index >= 15 is 0 Å². The van der Waals surface area contributed by atoms with E-state index in [0.717, 1.165) is 60.4 Å². The maximum atomic E-state index is 12.7. The van der Waals surface area contributed by atoms with E-state index in [2.05, 4.69) is 21.4 Å². The van der Waals surface area contributed by atoms with Crippen molar-refractivity contribution in [3.8, 4) is 11.3 Å². The first-order valence-corrected chi connectivity index (χ1v) is 10.3. The lowest BCUT2D eigenvalue weighted by atomic mass is 10.0. The van der Waals surface area contributed by atoms with Gasteiger partial charge < -0.3 is 5.32 Å². The van der Waals surface area contributed by atoms with E-state index in [-0.39, 0.29) is 11.6 Å². The number of hydrogen-bond donors (Lipinski definition) is 1. The van der Waals surface area contributed by atoms with Gasteiger partial charge in [-0.1, -0.05) is 0 Å². The second kappa shape index (κ2) is 7.47. The number of amides is 1. The number of fused-ring (bicyclic) bond motifs is 1. The predicted molar refractivity (Wildman–Crippen MR) is 106 cm³/mol. The number of nitrogens with one attached hydrogen (secondary N) is 1. The molecule has 5 rings (SSSR count). The number of hydrogen-bond acceptors (Lipinski definition) is 4. The summed E-state index contributed by atoms with van der Waals surface area (Å²) in [6, 6.07) is 7.68. The van der Waals surface area contributed by atoms with Crippen LogP contribution in [0.15, 0.2) is 42.7 Å². The van der Waals surface area contributed by atoms with E-state index in [4.69, 9.17) is 5.10 Å². The van der Waals surface area contributed by atoms with Gasteiger partial charge in [0.25, 0.3) is 5.91 Å². The maximum absolute atomic E-state index is 12.7. The Morgan fingerprint density at radius 3 is 2.65 bits per heavy atom. The molecule has 0 spiro atoms. The van der Waals surface area contributed by atoms with E-state index in [0.29, 0.717) is 5.92 Å². The average molecular weight is 427 g/mol. The Balaban J connectivity index is 1.35. The molecule has 1 fully saturated rings. The van der Waals surface area contributed by atoms with E-state index in [1.165, 1.54) is 12.8 Å². The molecule has 1 aliphatic heterocycles. The number of alkyl halides is 3. The Bertz CT molecular complexity index is 1120. The number of aromatic nitrogens is 4. The van der Waals surface area contributed by atoms with Crippen LogP contribution >= 0.6 is 0 Å². The van der Waals surface area contributed by atoms with Gasteiger partial charge in [0.15, 0.2) is 0 Å². The van der Waals surface area contributed by atoms with Gasteiger partial charge in [0, 0.05) is 36.1 Å². The van der Waals surface area contributed by atoms with E-state index < -0.39 is 17.8 Å². The minimum Gasteiger partial charge on any atom is -0.344 e. The summed E-state index contributed by atoms with van der Waals surface area (Å²) in [7, 11) is 0. The lowest BCUT2D eigenvalue weighted by Gasteiger charge is -2.24. The number of rotatable bonds is 4. The summed E-state index contributed by atoms with van der Waals surface area (Å²) < 4.78 is 40.0. The molecule has 6 nitrogen and oxygen atoms in total. The van der Waals surface area contributed by atoms with E-state index in [1.54, 1.807) is 6.20 Å². The minimum atomic E-state index is -4.53. The quantitative estimate of drug-likeness (QED) is 0.665. The van der Waals surface area contributed by atoms with Crippen molar-refractivity contribution in [1.29, 1.82) is 0 Å². The molecule has 31 heavy (non-hydrogen) atoms. The van der Waals surface area contributed by atoms with Crippen molar-refractivity contribution in [2.75, 3.05) is 0 Å². The molecular weight excluding hydrogens is 407 g/mol. The number of halogens is 3. The van der Waals surface area contributed by atoms with Crippen molar-refractivity contribution in [2.45, 2.75) is 50.4 Å². The Hall–Kier alpha value is -3.23. The first-order chi connectivity index (χ1) is 14.9. The summed E-state index contributed by atoms with van der Waals surface area (Å²) in [6.45, 7) is 0.754. The predicted octanol–water partition coefficient (Wildman–Crippen LogP) is 4.50. The van der Waals surface area contributed by atoms with Crippen LogP contribution in [0.25, 0.3) is 11.3 Å². The molecule has 3 aromatic rings. The smallest absolute Gasteiger partial charge is 0.344 e. The molecule has 0 radical (unpaired) electrons. The van der Waals surface area contributed by atoms with Crippen LogP contribution in [-0.4, -0.2) is 25.7 Å². The van der Waals surface area contributed by atoms with Gasteiger partial charge in [-0.15, -0.1) is 0 Å². The fourth-order valence-electron chi connectivity index (χ4n) is 3.92. The van der Waals surface area contributed by atoms with Gasteiger partial charge in [-0.05, 0) is 56.0 Å². The van der Waals surface area contributed by atoms with Crippen LogP contribution in [-0.2, 0) is 12.7 Å². The third-order valence-corrected chi connectivity index (χ3v) is 5.72. The number of nitrogens with zero attached hydrogens (tertiary/aromatic N) is 4. The van der Waals surface area contributed by atoms with Gasteiger partial charge in [0.05, 0.1) is 23.0 Å². The summed E-state index contributed by atoms with van der Waals surface area (Å²) in [4.78, 5) is 20.4. The number of pyridine rings is 2. The summed E-state index contributed by atoms with van der Waals surface area (Å²) in [5.41, 5.74) is 2.87. The van der Waals surface area contributed by atoms with Crippen molar-refractivity contribution >= 4 is 5.91 Å². The highest BCUT2D eigenvalue weighted by Crippen LogP contribution is 2.40. The average Bonchev–Trinajstić information content (AvgIpc) is 3.52. The van der Waals surface area contributed by atoms with E-state index in [1.807, 2.05) is 16.8 Å². The minimum absolute atomic E-state index is 0.0908. The molecule has 0 aromatic carbocycles. The molecule has 1 atom stereocenters. The van der Waals surface area contributed by atoms with Crippen molar-refractivity contribution < 1.29 is 18.0 Å². The fraction of sp³-hybridized carbons (Fsp3) is 0.364. The molecule has 0 unspecified atom stereocenters. The molecule has 1 aliphatic carbocycles. The van der Waals surface area contributed by atoms with Crippen molar-refractivity contribution in [3.63, 3.8) is 0 Å². The summed E-state index contributed by atoms with van der Waals surface area (Å²) >= 11 is 0. The third kappa shape index (κ3) is 4.04. The van der Waals surface area contributed by atoms with Gasteiger partial charge >= 0.3 is 6.18 Å². The molecule has 1 N–H and O–H groups in total. The molecule has 1 saturated carbocycles. The van der Waals surface area contributed by atoms with Gasteiger partial charge in [-0.3, -0.25) is 19.4 Å². The normalized spacial score (nSPS) is 18.5.